The maximum atomic E-state index is 12.7. The van der Waals surface area contributed by atoms with E-state index >= 15 is 0 Å². The molecule has 27 heavy (non-hydrogen) atoms. The molecule has 1 aromatic heterocycles. The number of hydrogen-bond donors (Lipinski definition) is 1. The SMILES string of the molecule is CCN1CCN(C(=O)c2cccc(C(=O)NCc3ccc(Cl)cc3)n2)CC1. The lowest BCUT2D eigenvalue weighted by Crippen LogP contribution is -2.48. The number of amides is 2. The molecule has 0 bridgehead atoms. The molecular weight excluding hydrogens is 364 g/mol. The van der Waals surface area contributed by atoms with E-state index in [1.807, 2.05) is 12.1 Å². The number of likely N-dealkylation sites (N-methyl/N-ethyl adjacent to an activating group) is 1. The highest BCUT2D eigenvalue weighted by atomic mass is 35.5. The Kier molecular flexibility index (Phi) is 6.42. The molecule has 1 aliphatic rings. The first-order valence-corrected chi connectivity index (χ1v) is 9.46. The summed E-state index contributed by atoms with van der Waals surface area (Å²) >= 11 is 5.86. The number of benzene rings is 1. The van der Waals surface area contributed by atoms with Crippen LogP contribution in [0.25, 0.3) is 0 Å². The Balaban J connectivity index is 1.61. The van der Waals surface area contributed by atoms with Gasteiger partial charge in [-0.3, -0.25) is 9.59 Å². The number of hydrogen-bond acceptors (Lipinski definition) is 4. The number of piperazine rings is 1. The lowest BCUT2D eigenvalue weighted by molar-refractivity contribution is 0.0637. The number of rotatable bonds is 5. The van der Waals surface area contributed by atoms with Gasteiger partial charge >= 0.3 is 0 Å². The second-order valence-corrected chi connectivity index (χ2v) is 6.88. The highest BCUT2D eigenvalue weighted by Crippen LogP contribution is 2.10. The summed E-state index contributed by atoms with van der Waals surface area (Å²) in [4.78, 5) is 33.4. The van der Waals surface area contributed by atoms with Gasteiger partial charge in [-0.05, 0) is 36.4 Å². The van der Waals surface area contributed by atoms with E-state index in [0.717, 1.165) is 25.2 Å². The number of carbonyl (C=O) groups is 2. The van der Waals surface area contributed by atoms with Crippen molar-refractivity contribution in [2.75, 3.05) is 32.7 Å². The molecule has 1 aliphatic heterocycles. The predicted octanol–water partition coefficient (Wildman–Crippen LogP) is 2.44. The van der Waals surface area contributed by atoms with Crippen LogP contribution in [-0.2, 0) is 6.54 Å². The average Bonchev–Trinajstić information content (AvgIpc) is 2.72. The maximum Gasteiger partial charge on any atom is 0.272 e. The van der Waals surface area contributed by atoms with Gasteiger partial charge in [-0.25, -0.2) is 4.98 Å². The van der Waals surface area contributed by atoms with Crippen LogP contribution in [0, 0.1) is 0 Å². The summed E-state index contributed by atoms with van der Waals surface area (Å²) in [6.45, 7) is 6.57. The van der Waals surface area contributed by atoms with Crippen LogP contribution in [0.2, 0.25) is 5.02 Å². The molecule has 1 saturated heterocycles. The summed E-state index contributed by atoms with van der Waals surface area (Å²) in [6, 6.07) is 12.2. The van der Waals surface area contributed by atoms with Crippen LogP contribution in [0.5, 0.6) is 0 Å². The zero-order valence-corrected chi connectivity index (χ0v) is 16.1. The summed E-state index contributed by atoms with van der Waals surface area (Å²) < 4.78 is 0. The van der Waals surface area contributed by atoms with Gasteiger partial charge in [-0.2, -0.15) is 0 Å². The molecule has 1 fully saturated rings. The lowest BCUT2D eigenvalue weighted by Gasteiger charge is -2.33. The third kappa shape index (κ3) is 5.05. The van der Waals surface area contributed by atoms with Crippen molar-refractivity contribution in [2.24, 2.45) is 0 Å². The van der Waals surface area contributed by atoms with Gasteiger partial charge in [0.15, 0.2) is 0 Å². The lowest BCUT2D eigenvalue weighted by atomic mass is 10.2. The van der Waals surface area contributed by atoms with E-state index in [-0.39, 0.29) is 17.5 Å². The summed E-state index contributed by atoms with van der Waals surface area (Å²) in [7, 11) is 0. The topological polar surface area (TPSA) is 65.5 Å². The molecule has 0 spiro atoms. The van der Waals surface area contributed by atoms with Crippen molar-refractivity contribution < 1.29 is 9.59 Å². The molecule has 142 valence electrons. The van der Waals surface area contributed by atoms with Gasteiger partial charge < -0.3 is 15.1 Å². The van der Waals surface area contributed by atoms with Gasteiger partial charge in [-0.15, -0.1) is 0 Å². The highest BCUT2D eigenvalue weighted by molar-refractivity contribution is 6.30. The molecule has 7 heteroatoms. The Morgan fingerprint density at radius 1 is 1.04 bits per heavy atom. The van der Waals surface area contributed by atoms with Crippen molar-refractivity contribution in [3.05, 3.63) is 64.4 Å². The Bertz CT molecular complexity index is 802. The van der Waals surface area contributed by atoms with Crippen molar-refractivity contribution in [3.63, 3.8) is 0 Å². The summed E-state index contributed by atoms with van der Waals surface area (Å²) in [5.41, 5.74) is 1.48. The number of carbonyl (C=O) groups excluding carboxylic acids is 2. The molecule has 2 heterocycles. The first-order valence-electron chi connectivity index (χ1n) is 9.08. The molecule has 0 atom stereocenters. The van der Waals surface area contributed by atoms with Crippen LogP contribution in [0.1, 0.15) is 33.5 Å². The van der Waals surface area contributed by atoms with Gasteiger partial charge in [0, 0.05) is 37.7 Å². The number of nitrogens with one attached hydrogen (secondary N) is 1. The third-order valence-electron chi connectivity index (χ3n) is 4.67. The zero-order chi connectivity index (χ0) is 19.2. The van der Waals surface area contributed by atoms with Crippen LogP contribution in [-0.4, -0.2) is 59.3 Å². The Hall–Kier alpha value is -2.44. The molecule has 3 rings (SSSR count). The van der Waals surface area contributed by atoms with E-state index in [1.165, 1.54) is 0 Å². The minimum absolute atomic E-state index is 0.127. The molecular formula is C20H23ClN4O2. The largest absolute Gasteiger partial charge is 0.347 e. The van der Waals surface area contributed by atoms with Crippen LogP contribution in [0.3, 0.4) is 0 Å². The van der Waals surface area contributed by atoms with Gasteiger partial charge in [0.25, 0.3) is 11.8 Å². The highest BCUT2D eigenvalue weighted by Gasteiger charge is 2.22. The van der Waals surface area contributed by atoms with E-state index in [9.17, 15) is 9.59 Å². The third-order valence-corrected chi connectivity index (χ3v) is 4.93. The van der Waals surface area contributed by atoms with Gasteiger partial charge in [0.2, 0.25) is 0 Å². The number of aromatic nitrogens is 1. The molecule has 0 unspecified atom stereocenters. The van der Waals surface area contributed by atoms with Crippen molar-refractivity contribution in [2.45, 2.75) is 13.5 Å². The summed E-state index contributed by atoms with van der Waals surface area (Å²) in [5.74, 6) is -0.437. The molecule has 2 aromatic rings. The smallest absolute Gasteiger partial charge is 0.272 e. The second-order valence-electron chi connectivity index (χ2n) is 6.44. The Labute approximate surface area is 164 Å². The van der Waals surface area contributed by atoms with E-state index < -0.39 is 0 Å². The first kappa shape index (κ1) is 19.3. The van der Waals surface area contributed by atoms with E-state index in [2.05, 4.69) is 22.1 Å². The molecule has 0 saturated carbocycles. The minimum atomic E-state index is -0.310. The Morgan fingerprint density at radius 2 is 1.70 bits per heavy atom. The van der Waals surface area contributed by atoms with Crippen molar-refractivity contribution in [1.29, 1.82) is 0 Å². The number of pyridine rings is 1. The maximum absolute atomic E-state index is 12.7. The molecule has 1 aromatic carbocycles. The molecule has 0 radical (unpaired) electrons. The minimum Gasteiger partial charge on any atom is -0.347 e. The van der Waals surface area contributed by atoms with Crippen LogP contribution in [0.15, 0.2) is 42.5 Å². The van der Waals surface area contributed by atoms with Crippen molar-refractivity contribution >= 4 is 23.4 Å². The fraction of sp³-hybridized carbons (Fsp3) is 0.350. The van der Waals surface area contributed by atoms with Crippen molar-refractivity contribution in [3.8, 4) is 0 Å². The predicted molar refractivity (Wildman–Crippen MR) is 105 cm³/mol. The molecule has 2 amide bonds. The first-order chi connectivity index (χ1) is 13.1. The summed E-state index contributed by atoms with van der Waals surface area (Å²) in [6.07, 6.45) is 0. The van der Waals surface area contributed by atoms with Crippen LogP contribution < -0.4 is 5.32 Å². The van der Waals surface area contributed by atoms with E-state index in [1.54, 1.807) is 35.2 Å². The van der Waals surface area contributed by atoms with E-state index in [4.69, 9.17) is 11.6 Å². The quantitative estimate of drug-likeness (QED) is 0.857. The van der Waals surface area contributed by atoms with Gasteiger partial charge in [0.1, 0.15) is 11.4 Å². The number of halogens is 1. The number of nitrogens with zero attached hydrogens (tertiary/aromatic N) is 3. The second kappa shape index (κ2) is 8.97. The molecule has 0 aliphatic carbocycles. The fourth-order valence-corrected chi connectivity index (χ4v) is 3.11. The van der Waals surface area contributed by atoms with Gasteiger partial charge in [-0.1, -0.05) is 36.7 Å². The standard InChI is InChI=1S/C20H23ClN4O2/c1-2-24-10-12-25(13-11-24)20(27)18-5-3-4-17(23-18)19(26)22-14-15-6-8-16(21)9-7-15/h3-9H,2,10-14H2,1H3,(H,22,26). The average molecular weight is 387 g/mol. The zero-order valence-electron chi connectivity index (χ0n) is 15.3. The van der Waals surface area contributed by atoms with Crippen molar-refractivity contribution in [1.82, 2.24) is 20.1 Å². The van der Waals surface area contributed by atoms with Crippen LogP contribution in [0.4, 0.5) is 0 Å². The monoisotopic (exact) mass is 386 g/mol. The van der Waals surface area contributed by atoms with Gasteiger partial charge in [0.05, 0.1) is 0 Å². The normalized spacial score (nSPS) is 14.8. The molecule has 1 N–H and O–H groups in total. The Morgan fingerprint density at radius 3 is 2.37 bits per heavy atom. The fourth-order valence-electron chi connectivity index (χ4n) is 2.98. The molecule has 6 nitrogen and oxygen atoms in total. The van der Waals surface area contributed by atoms with E-state index in [0.29, 0.717) is 30.4 Å². The summed E-state index contributed by atoms with van der Waals surface area (Å²) in [5, 5.41) is 3.47. The van der Waals surface area contributed by atoms with Crippen LogP contribution >= 0.6 is 11.6 Å².